The first kappa shape index (κ1) is 22.9. The zero-order valence-electron chi connectivity index (χ0n) is 17.9. The van der Waals surface area contributed by atoms with Crippen LogP contribution in [0.25, 0.3) is 11.1 Å². The fraction of sp³-hybridized carbons (Fsp3) is 0.192. The van der Waals surface area contributed by atoms with Gasteiger partial charge in [0.1, 0.15) is 6.61 Å². The van der Waals surface area contributed by atoms with Crippen LogP contribution in [0.1, 0.15) is 15.9 Å². The van der Waals surface area contributed by atoms with E-state index in [9.17, 15) is 19.5 Å². The van der Waals surface area contributed by atoms with E-state index in [1.165, 1.54) is 7.05 Å². The molecule has 1 atom stereocenters. The molecule has 2 amide bonds. The average molecular weight is 431 g/mol. The predicted octanol–water partition coefficient (Wildman–Crippen LogP) is 2.71. The molecule has 0 aliphatic heterocycles. The van der Waals surface area contributed by atoms with E-state index >= 15 is 0 Å². The molecule has 0 aliphatic rings. The van der Waals surface area contributed by atoms with Crippen molar-refractivity contribution in [1.82, 2.24) is 10.2 Å². The van der Waals surface area contributed by atoms with Crippen molar-refractivity contribution in [1.29, 1.82) is 0 Å². The van der Waals surface area contributed by atoms with Gasteiger partial charge in [-0.05, 0) is 35.2 Å². The summed E-state index contributed by atoms with van der Waals surface area (Å²) in [4.78, 5) is 39.1. The molecule has 0 heterocycles. The summed E-state index contributed by atoms with van der Waals surface area (Å²) >= 11 is 0. The predicted molar refractivity (Wildman–Crippen MR) is 123 cm³/mol. The molecule has 164 valence electrons. The van der Waals surface area contributed by atoms with E-state index in [4.69, 9.17) is 0 Å². The number of nitrogens with zero attached hydrogens (tertiary/aromatic N) is 1. The summed E-state index contributed by atoms with van der Waals surface area (Å²) in [6, 6.07) is 24.9. The van der Waals surface area contributed by atoms with E-state index in [-0.39, 0.29) is 0 Å². The molecule has 0 bridgehead atoms. The minimum atomic E-state index is -1.41. The molecule has 3 rings (SSSR count). The van der Waals surface area contributed by atoms with Crippen LogP contribution in [-0.4, -0.2) is 53.8 Å². The van der Waals surface area contributed by atoms with Gasteiger partial charge in [0.15, 0.2) is 11.8 Å². The average Bonchev–Trinajstić information content (AvgIpc) is 2.84. The van der Waals surface area contributed by atoms with E-state index in [1.807, 2.05) is 72.8 Å². The second-order valence-electron chi connectivity index (χ2n) is 7.41. The van der Waals surface area contributed by atoms with Crippen molar-refractivity contribution in [2.45, 2.75) is 12.5 Å². The first-order valence-corrected chi connectivity index (χ1v) is 10.4. The van der Waals surface area contributed by atoms with E-state index in [2.05, 4.69) is 5.32 Å². The molecule has 6 heteroatoms. The highest BCUT2D eigenvalue weighted by atomic mass is 16.3. The number of Topliss-reactive ketones (excluding diaryl/α,β-unsaturated/α-hetero) is 1. The largest absolute Gasteiger partial charge is 0.388 e. The maximum Gasteiger partial charge on any atom is 0.254 e. The van der Waals surface area contributed by atoms with Gasteiger partial charge in [-0.3, -0.25) is 14.4 Å². The van der Waals surface area contributed by atoms with Crippen molar-refractivity contribution >= 4 is 17.6 Å². The van der Waals surface area contributed by atoms with Gasteiger partial charge in [-0.2, -0.15) is 0 Å². The van der Waals surface area contributed by atoms with Crippen LogP contribution < -0.4 is 5.32 Å². The first-order chi connectivity index (χ1) is 15.5. The summed E-state index contributed by atoms with van der Waals surface area (Å²) < 4.78 is 0. The topological polar surface area (TPSA) is 86.7 Å². The van der Waals surface area contributed by atoms with Gasteiger partial charge >= 0.3 is 0 Å². The maximum absolute atomic E-state index is 13.0. The highest BCUT2D eigenvalue weighted by Crippen LogP contribution is 2.20. The Morgan fingerprint density at radius 1 is 0.844 bits per heavy atom. The molecule has 0 fully saturated rings. The van der Waals surface area contributed by atoms with E-state index in [0.717, 1.165) is 21.6 Å². The van der Waals surface area contributed by atoms with Crippen molar-refractivity contribution in [3.63, 3.8) is 0 Å². The normalized spacial score (nSPS) is 11.4. The standard InChI is InChI=1S/C26H26N2O4/c1-28(26(32)22-14-12-21(13-15-22)20-10-6-3-7-11-20)24(23(30)18-29)25(31)27-17-16-19-8-4-2-5-9-19/h2-15,24,29H,16-18H2,1H3,(H,27,31). The second-order valence-corrected chi connectivity index (χ2v) is 7.41. The van der Waals surface area contributed by atoms with E-state index < -0.39 is 30.2 Å². The zero-order chi connectivity index (χ0) is 22.9. The number of aliphatic hydroxyl groups excluding tert-OH is 1. The summed E-state index contributed by atoms with van der Waals surface area (Å²) in [5.74, 6) is -1.83. The Hall–Kier alpha value is -3.77. The molecule has 0 spiro atoms. The summed E-state index contributed by atoms with van der Waals surface area (Å²) in [6.07, 6.45) is 0.589. The molecule has 1 unspecified atom stereocenters. The lowest BCUT2D eigenvalue weighted by atomic mass is 10.0. The molecule has 2 N–H and O–H groups in total. The Bertz CT molecular complexity index is 1050. The third-order valence-corrected chi connectivity index (χ3v) is 5.21. The molecule has 0 saturated heterocycles. The number of nitrogens with one attached hydrogen (secondary N) is 1. The lowest BCUT2D eigenvalue weighted by Gasteiger charge is -2.26. The summed E-state index contributed by atoms with van der Waals surface area (Å²) in [5, 5.41) is 12.1. The highest BCUT2D eigenvalue weighted by molar-refractivity contribution is 6.10. The van der Waals surface area contributed by atoms with E-state index in [0.29, 0.717) is 18.5 Å². The minimum absolute atomic E-state index is 0.311. The van der Waals surface area contributed by atoms with Gasteiger partial charge in [0.25, 0.3) is 11.8 Å². The number of aliphatic hydroxyl groups is 1. The summed E-state index contributed by atoms with van der Waals surface area (Å²) in [6.45, 7) is -0.521. The number of carbonyl (C=O) groups excluding carboxylic acids is 3. The van der Waals surface area contributed by atoms with Crippen molar-refractivity contribution in [2.24, 2.45) is 0 Å². The molecule has 6 nitrogen and oxygen atoms in total. The SMILES string of the molecule is CN(C(=O)c1ccc(-c2ccccc2)cc1)C(C(=O)CO)C(=O)NCCc1ccccc1. The van der Waals surface area contributed by atoms with Crippen molar-refractivity contribution in [3.05, 3.63) is 96.1 Å². The van der Waals surface area contributed by atoms with E-state index in [1.54, 1.807) is 12.1 Å². The van der Waals surface area contributed by atoms with Gasteiger partial charge in [0, 0.05) is 19.2 Å². The molecular formula is C26H26N2O4. The molecule has 32 heavy (non-hydrogen) atoms. The summed E-state index contributed by atoms with van der Waals surface area (Å²) in [5.41, 5.74) is 3.36. The van der Waals surface area contributed by atoms with Crippen molar-refractivity contribution in [3.8, 4) is 11.1 Å². The lowest BCUT2D eigenvalue weighted by Crippen LogP contribution is -2.53. The molecule has 0 saturated carbocycles. The van der Waals surface area contributed by atoms with Crippen LogP contribution in [0.4, 0.5) is 0 Å². The van der Waals surface area contributed by atoms with Crippen LogP contribution in [0, 0.1) is 0 Å². The quantitative estimate of drug-likeness (QED) is 0.511. The van der Waals surface area contributed by atoms with Gasteiger partial charge in [-0.25, -0.2) is 0 Å². The zero-order valence-corrected chi connectivity index (χ0v) is 17.9. The van der Waals surface area contributed by atoms with Crippen LogP contribution in [0.3, 0.4) is 0 Å². The molecule has 0 radical (unpaired) electrons. The minimum Gasteiger partial charge on any atom is -0.388 e. The van der Waals surface area contributed by atoms with Crippen LogP contribution in [-0.2, 0) is 16.0 Å². The summed E-state index contributed by atoms with van der Waals surface area (Å²) in [7, 11) is 1.39. The van der Waals surface area contributed by atoms with Crippen molar-refractivity contribution in [2.75, 3.05) is 20.2 Å². The number of hydrogen-bond donors (Lipinski definition) is 2. The Balaban J connectivity index is 1.69. The van der Waals surface area contributed by atoms with Gasteiger partial charge in [-0.1, -0.05) is 72.8 Å². The van der Waals surface area contributed by atoms with Crippen LogP contribution in [0.2, 0.25) is 0 Å². The third kappa shape index (κ3) is 5.68. The van der Waals surface area contributed by atoms with Crippen LogP contribution >= 0.6 is 0 Å². The number of amides is 2. The molecule has 3 aromatic carbocycles. The third-order valence-electron chi connectivity index (χ3n) is 5.21. The number of likely N-dealkylation sites (N-methyl/N-ethyl adjacent to an activating group) is 1. The Kier molecular flexibility index (Phi) is 7.89. The Morgan fingerprint density at radius 3 is 2.00 bits per heavy atom. The fourth-order valence-corrected chi connectivity index (χ4v) is 3.45. The molecular weight excluding hydrogens is 404 g/mol. The van der Waals surface area contributed by atoms with Gasteiger partial charge < -0.3 is 15.3 Å². The lowest BCUT2D eigenvalue weighted by molar-refractivity contribution is -0.135. The first-order valence-electron chi connectivity index (χ1n) is 10.4. The number of rotatable bonds is 9. The maximum atomic E-state index is 13.0. The van der Waals surface area contributed by atoms with Gasteiger partial charge in [0.05, 0.1) is 0 Å². The Morgan fingerprint density at radius 2 is 1.41 bits per heavy atom. The monoisotopic (exact) mass is 430 g/mol. The van der Waals surface area contributed by atoms with Crippen molar-refractivity contribution < 1.29 is 19.5 Å². The van der Waals surface area contributed by atoms with Crippen LogP contribution in [0.15, 0.2) is 84.9 Å². The van der Waals surface area contributed by atoms with Gasteiger partial charge in [-0.15, -0.1) is 0 Å². The fourth-order valence-electron chi connectivity index (χ4n) is 3.45. The number of carbonyl (C=O) groups is 3. The smallest absolute Gasteiger partial charge is 0.254 e. The van der Waals surface area contributed by atoms with Crippen LogP contribution in [0.5, 0.6) is 0 Å². The number of hydrogen-bond acceptors (Lipinski definition) is 4. The number of benzene rings is 3. The molecule has 0 aliphatic carbocycles. The highest BCUT2D eigenvalue weighted by Gasteiger charge is 2.33. The number of ketones is 1. The second kappa shape index (κ2) is 11.0. The molecule has 0 aromatic heterocycles. The van der Waals surface area contributed by atoms with Gasteiger partial charge in [0.2, 0.25) is 0 Å². The molecule has 3 aromatic rings. The Labute approximate surface area is 187 Å².